The van der Waals surface area contributed by atoms with Crippen molar-refractivity contribution in [1.29, 1.82) is 0 Å². The van der Waals surface area contributed by atoms with Crippen LogP contribution in [0.5, 0.6) is 0 Å². The molecule has 1 aromatic carbocycles. The number of alkyl halides is 3. The number of carboxylic acids is 1. The van der Waals surface area contributed by atoms with E-state index < -0.39 is 27.7 Å². The first-order valence-electron chi connectivity index (χ1n) is 8.99. The molecule has 1 fully saturated rings. The van der Waals surface area contributed by atoms with Gasteiger partial charge in [-0.3, -0.25) is 9.78 Å². The van der Waals surface area contributed by atoms with Crippen LogP contribution in [0.4, 0.5) is 13.2 Å². The lowest BCUT2D eigenvalue weighted by molar-refractivity contribution is -0.192. The molecule has 1 aromatic heterocycles. The number of carbonyl (C=O) groups excluding carboxylic acids is 1. The summed E-state index contributed by atoms with van der Waals surface area (Å²) in [5.41, 5.74) is 0.633. The van der Waals surface area contributed by atoms with E-state index in [1.54, 1.807) is 42.4 Å². The number of pyridine rings is 1. The lowest BCUT2D eigenvalue weighted by Crippen LogP contribution is -2.44. The third kappa shape index (κ3) is 4.00. The Balaban J connectivity index is 0.000000339. The number of amides is 1. The van der Waals surface area contributed by atoms with Crippen molar-refractivity contribution in [2.45, 2.75) is 23.0 Å². The van der Waals surface area contributed by atoms with Crippen LogP contribution in [0.25, 0.3) is 0 Å². The van der Waals surface area contributed by atoms with Crippen LogP contribution >= 0.6 is 0 Å². The smallest absolute Gasteiger partial charge is 0.475 e. The van der Waals surface area contributed by atoms with Gasteiger partial charge in [-0.1, -0.05) is 18.2 Å². The van der Waals surface area contributed by atoms with E-state index in [1.165, 1.54) is 10.5 Å². The Kier molecular flexibility index (Phi) is 5.80. The first-order chi connectivity index (χ1) is 14.4. The molecular weight excluding hydrogens is 439 g/mol. The highest BCUT2D eigenvalue weighted by atomic mass is 32.2. The number of likely N-dealkylation sites (tertiary alicyclic amines) is 1. The lowest BCUT2D eigenvalue weighted by Gasteiger charge is -2.31. The zero-order valence-electron chi connectivity index (χ0n) is 16.2. The summed E-state index contributed by atoms with van der Waals surface area (Å²) in [5.74, 6) is -2.87. The Bertz CT molecular complexity index is 1110. The Morgan fingerprint density at radius 3 is 2.39 bits per heavy atom. The molecule has 31 heavy (non-hydrogen) atoms. The van der Waals surface area contributed by atoms with Crippen molar-refractivity contribution >= 4 is 21.9 Å². The summed E-state index contributed by atoms with van der Waals surface area (Å²) < 4.78 is 58.6. The highest BCUT2D eigenvalue weighted by molar-refractivity contribution is 7.89. The Labute approximate surface area is 176 Å². The molecule has 1 amide bonds. The second kappa shape index (κ2) is 7.93. The molecule has 1 atom stereocenters. The predicted octanol–water partition coefficient (Wildman–Crippen LogP) is 2.09. The quantitative estimate of drug-likeness (QED) is 0.703. The number of likely N-dealkylation sites (N-methyl/N-ethyl adjacent to an activating group) is 1. The highest BCUT2D eigenvalue weighted by Gasteiger charge is 2.55. The number of halogens is 3. The SMILES string of the molecule is CN1C2(CCN(C(=O)c3cccnc3)C2)c2ccccc2S1(=O)=O.O=C(O)C(F)(F)F. The van der Waals surface area contributed by atoms with Crippen molar-refractivity contribution in [3.8, 4) is 0 Å². The number of hydrogen-bond acceptors (Lipinski definition) is 5. The summed E-state index contributed by atoms with van der Waals surface area (Å²) in [6.45, 7) is 0.870. The van der Waals surface area contributed by atoms with Gasteiger partial charge in [0.25, 0.3) is 5.91 Å². The van der Waals surface area contributed by atoms with Gasteiger partial charge in [-0.2, -0.15) is 17.5 Å². The molecule has 2 aliphatic heterocycles. The van der Waals surface area contributed by atoms with E-state index in [4.69, 9.17) is 9.90 Å². The number of fused-ring (bicyclic) bond motifs is 2. The molecular formula is C19H18F3N3O5S. The maximum atomic E-state index is 12.7. The fraction of sp³-hybridized carbons (Fsp3) is 0.316. The number of carboxylic acid groups (broad SMARTS) is 1. The summed E-state index contributed by atoms with van der Waals surface area (Å²) in [7, 11) is -1.90. The van der Waals surface area contributed by atoms with E-state index in [0.29, 0.717) is 30.0 Å². The Morgan fingerprint density at radius 1 is 1.16 bits per heavy atom. The van der Waals surface area contributed by atoms with Crippen molar-refractivity contribution < 1.29 is 36.3 Å². The van der Waals surface area contributed by atoms with Gasteiger partial charge in [0.2, 0.25) is 10.0 Å². The predicted molar refractivity (Wildman–Crippen MR) is 102 cm³/mol. The van der Waals surface area contributed by atoms with E-state index in [0.717, 1.165) is 5.56 Å². The van der Waals surface area contributed by atoms with Gasteiger partial charge in [0, 0.05) is 32.5 Å². The summed E-state index contributed by atoms with van der Waals surface area (Å²) in [5, 5.41) is 7.12. The average molecular weight is 457 g/mol. The maximum absolute atomic E-state index is 12.7. The number of carbonyl (C=O) groups is 2. The minimum atomic E-state index is -5.08. The van der Waals surface area contributed by atoms with Gasteiger partial charge in [0.15, 0.2) is 0 Å². The summed E-state index contributed by atoms with van der Waals surface area (Å²) >= 11 is 0. The van der Waals surface area contributed by atoms with Gasteiger partial charge in [-0.05, 0) is 30.2 Å². The topological polar surface area (TPSA) is 108 Å². The molecule has 0 radical (unpaired) electrons. The standard InChI is InChI=1S/C17H17N3O3S.C2HF3O2/c1-19-17(14-6-2-3-7-15(14)24(19,22)23)8-10-20(12-17)16(21)13-5-4-9-18-11-13;3-2(4,5)1(6)7/h2-7,9,11H,8,10,12H2,1H3;(H,6,7). The second-order valence-electron chi connectivity index (χ2n) is 7.02. The van der Waals surface area contributed by atoms with Gasteiger partial charge in [0.05, 0.1) is 16.0 Å². The van der Waals surface area contributed by atoms with Crippen LogP contribution in [-0.2, 0) is 20.4 Å². The first kappa shape index (κ1) is 22.7. The monoisotopic (exact) mass is 457 g/mol. The fourth-order valence-electron chi connectivity index (χ4n) is 3.74. The fourth-order valence-corrected chi connectivity index (χ4v) is 5.53. The lowest BCUT2D eigenvalue weighted by atomic mass is 9.89. The van der Waals surface area contributed by atoms with E-state index in [-0.39, 0.29) is 5.91 Å². The van der Waals surface area contributed by atoms with Gasteiger partial charge >= 0.3 is 12.1 Å². The molecule has 2 aliphatic rings. The van der Waals surface area contributed by atoms with Gasteiger partial charge in [0.1, 0.15) is 0 Å². The number of nitrogens with zero attached hydrogens (tertiary/aromatic N) is 3. The van der Waals surface area contributed by atoms with Gasteiger partial charge in [-0.15, -0.1) is 0 Å². The molecule has 1 saturated heterocycles. The van der Waals surface area contributed by atoms with Crippen molar-refractivity contribution in [2.24, 2.45) is 0 Å². The molecule has 1 spiro atoms. The van der Waals surface area contributed by atoms with Crippen LogP contribution in [0.3, 0.4) is 0 Å². The Hall–Kier alpha value is -2.99. The van der Waals surface area contributed by atoms with E-state index in [2.05, 4.69) is 4.98 Å². The van der Waals surface area contributed by atoms with E-state index in [1.807, 2.05) is 12.1 Å². The largest absolute Gasteiger partial charge is 0.490 e. The number of benzene rings is 1. The first-order valence-corrected chi connectivity index (χ1v) is 10.4. The molecule has 8 nitrogen and oxygen atoms in total. The van der Waals surface area contributed by atoms with Crippen LogP contribution in [0, 0.1) is 0 Å². The van der Waals surface area contributed by atoms with Gasteiger partial charge in [-0.25, -0.2) is 13.2 Å². The molecule has 1 N–H and O–H groups in total. The molecule has 12 heteroatoms. The summed E-state index contributed by atoms with van der Waals surface area (Å²) in [4.78, 5) is 27.6. The van der Waals surface area contributed by atoms with Crippen LogP contribution in [-0.4, -0.2) is 65.9 Å². The molecule has 2 aromatic rings. The molecule has 1 unspecified atom stereocenters. The minimum absolute atomic E-state index is 0.116. The number of sulfonamides is 1. The molecule has 3 heterocycles. The van der Waals surface area contributed by atoms with Crippen LogP contribution in [0.2, 0.25) is 0 Å². The van der Waals surface area contributed by atoms with Crippen LogP contribution in [0.1, 0.15) is 22.3 Å². The second-order valence-corrected chi connectivity index (χ2v) is 8.96. The van der Waals surface area contributed by atoms with Crippen molar-refractivity contribution in [3.63, 3.8) is 0 Å². The average Bonchev–Trinajstić information content (AvgIpc) is 3.25. The van der Waals surface area contributed by atoms with E-state index in [9.17, 15) is 26.4 Å². The number of aromatic nitrogens is 1. The molecule has 0 saturated carbocycles. The molecule has 0 bridgehead atoms. The maximum Gasteiger partial charge on any atom is 0.490 e. The van der Waals surface area contributed by atoms with Crippen molar-refractivity contribution in [1.82, 2.24) is 14.2 Å². The number of hydrogen-bond donors (Lipinski definition) is 1. The third-order valence-electron chi connectivity index (χ3n) is 5.32. The summed E-state index contributed by atoms with van der Waals surface area (Å²) in [6.07, 6.45) is -1.34. The highest BCUT2D eigenvalue weighted by Crippen LogP contribution is 2.48. The van der Waals surface area contributed by atoms with E-state index >= 15 is 0 Å². The molecule has 4 rings (SSSR count). The summed E-state index contributed by atoms with van der Waals surface area (Å²) in [6, 6.07) is 10.5. The number of aliphatic carboxylic acids is 1. The molecule has 0 aliphatic carbocycles. The van der Waals surface area contributed by atoms with Crippen LogP contribution < -0.4 is 0 Å². The third-order valence-corrected chi connectivity index (χ3v) is 7.30. The zero-order chi connectivity index (χ0) is 23.0. The van der Waals surface area contributed by atoms with Gasteiger partial charge < -0.3 is 10.0 Å². The minimum Gasteiger partial charge on any atom is -0.475 e. The normalized spacial score (nSPS) is 22.0. The number of rotatable bonds is 1. The van der Waals surface area contributed by atoms with Crippen molar-refractivity contribution in [3.05, 3.63) is 59.9 Å². The Morgan fingerprint density at radius 2 is 1.81 bits per heavy atom. The van der Waals surface area contributed by atoms with Crippen molar-refractivity contribution in [2.75, 3.05) is 20.1 Å². The van der Waals surface area contributed by atoms with Crippen LogP contribution in [0.15, 0.2) is 53.7 Å². The zero-order valence-corrected chi connectivity index (χ0v) is 17.0. The molecule has 166 valence electrons.